The number of carbonyl (C=O) groups excluding carboxylic acids is 1. The zero-order valence-corrected chi connectivity index (χ0v) is 10.3. The molecule has 0 saturated carbocycles. The van der Waals surface area contributed by atoms with Gasteiger partial charge in [0, 0.05) is 13.7 Å². The summed E-state index contributed by atoms with van der Waals surface area (Å²) < 4.78 is 23.7. The molecule has 0 aromatic heterocycles. The smallest absolute Gasteiger partial charge is 0.410 e. The van der Waals surface area contributed by atoms with Crippen molar-refractivity contribution in [2.75, 3.05) is 20.2 Å². The van der Waals surface area contributed by atoms with Gasteiger partial charge in [0.25, 0.3) is 0 Å². The van der Waals surface area contributed by atoms with Gasteiger partial charge in [0.1, 0.15) is 11.8 Å². The topological polar surface area (TPSA) is 38.8 Å². The molecule has 1 rings (SSSR count). The van der Waals surface area contributed by atoms with Crippen LogP contribution in [0.5, 0.6) is 0 Å². The van der Waals surface area contributed by atoms with Gasteiger partial charge in [-0.25, -0.2) is 9.18 Å². The van der Waals surface area contributed by atoms with E-state index in [9.17, 15) is 9.18 Å². The lowest BCUT2D eigenvalue weighted by Gasteiger charge is -2.34. The Bertz CT molecular complexity index is 252. The lowest BCUT2D eigenvalue weighted by molar-refractivity contribution is -0.0340. The highest BCUT2D eigenvalue weighted by atomic mass is 19.1. The van der Waals surface area contributed by atoms with E-state index in [-0.39, 0.29) is 6.54 Å². The number of methoxy groups -OCH3 is 1. The van der Waals surface area contributed by atoms with Crippen LogP contribution < -0.4 is 0 Å². The molecule has 0 N–H and O–H groups in total. The minimum absolute atomic E-state index is 0.0490. The third kappa shape index (κ3) is 3.63. The summed E-state index contributed by atoms with van der Waals surface area (Å²) >= 11 is 0. The minimum Gasteiger partial charge on any atom is -0.444 e. The van der Waals surface area contributed by atoms with Gasteiger partial charge in [0.2, 0.25) is 0 Å². The van der Waals surface area contributed by atoms with Crippen LogP contribution in [-0.4, -0.2) is 49.1 Å². The molecule has 0 bridgehead atoms. The Morgan fingerprint density at radius 3 is 2.50 bits per heavy atom. The van der Waals surface area contributed by atoms with Crippen LogP contribution in [0.3, 0.4) is 0 Å². The number of likely N-dealkylation sites (tertiary alicyclic amines) is 1. The average molecular weight is 233 g/mol. The first-order valence-corrected chi connectivity index (χ1v) is 5.48. The number of nitrogens with zero attached hydrogens (tertiary/aromatic N) is 1. The number of halogens is 1. The quantitative estimate of drug-likeness (QED) is 0.695. The molecule has 0 radical (unpaired) electrons. The molecule has 1 saturated heterocycles. The number of alkyl halides is 1. The van der Waals surface area contributed by atoms with Crippen molar-refractivity contribution in [3.05, 3.63) is 0 Å². The Morgan fingerprint density at radius 2 is 2.06 bits per heavy atom. The normalized spacial score (nSPS) is 26.7. The molecule has 0 aromatic carbocycles. The van der Waals surface area contributed by atoms with Crippen LogP contribution in [0.15, 0.2) is 0 Å². The zero-order chi connectivity index (χ0) is 12.3. The van der Waals surface area contributed by atoms with E-state index in [1.165, 1.54) is 12.0 Å². The fraction of sp³-hybridized carbons (Fsp3) is 0.909. The van der Waals surface area contributed by atoms with E-state index >= 15 is 0 Å². The molecule has 94 valence electrons. The predicted molar refractivity (Wildman–Crippen MR) is 58.1 cm³/mol. The van der Waals surface area contributed by atoms with Crippen LogP contribution in [0.1, 0.15) is 27.2 Å². The number of carbonyl (C=O) groups is 1. The van der Waals surface area contributed by atoms with Gasteiger partial charge in [0.15, 0.2) is 0 Å². The van der Waals surface area contributed by atoms with Crippen LogP contribution in [-0.2, 0) is 9.47 Å². The summed E-state index contributed by atoms with van der Waals surface area (Å²) in [5.41, 5.74) is -0.541. The number of ether oxygens (including phenoxy) is 2. The molecule has 2 atom stereocenters. The van der Waals surface area contributed by atoms with E-state index in [1.807, 2.05) is 0 Å². The number of rotatable bonds is 1. The maximum atomic E-state index is 13.5. The van der Waals surface area contributed by atoms with Gasteiger partial charge in [0.05, 0.1) is 12.6 Å². The van der Waals surface area contributed by atoms with Crippen LogP contribution in [0.25, 0.3) is 0 Å². The summed E-state index contributed by atoms with van der Waals surface area (Å²) in [5, 5.41) is 0. The lowest BCUT2D eigenvalue weighted by atomic mass is 10.1. The van der Waals surface area contributed by atoms with Crippen molar-refractivity contribution >= 4 is 6.09 Å². The van der Waals surface area contributed by atoms with Gasteiger partial charge in [-0.1, -0.05) is 0 Å². The minimum atomic E-state index is -1.13. The second-order valence-corrected chi connectivity index (χ2v) is 5.01. The fourth-order valence-electron chi connectivity index (χ4n) is 1.64. The van der Waals surface area contributed by atoms with Gasteiger partial charge in [-0.15, -0.1) is 0 Å². The number of hydrogen-bond acceptors (Lipinski definition) is 3. The number of amides is 1. The molecule has 1 aliphatic rings. The Balaban J connectivity index is 2.48. The van der Waals surface area contributed by atoms with Gasteiger partial charge in [-0.2, -0.15) is 0 Å². The highest BCUT2D eigenvalue weighted by Gasteiger charge is 2.33. The highest BCUT2D eigenvalue weighted by molar-refractivity contribution is 5.68. The number of piperidine rings is 1. The first-order chi connectivity index (χ1) is 7.33. The molecule has 0 unspecified atom stereocenters. The molecule has 1 heterocycles. The molecule has 5 heteroatoms. The Labute approximate surface area is 95.7 Å². The summed E-state index contributed by atoms with van der Waals surface area (Å²) in [6.45, 7) is 5.90. The first kappa shape index (κ1) is 13.2. The average Bonchev–Trinajstić information content (AvgIpc) is 2.15. The van der Waals surface area contributed by atoms with Crippen LogP contribution >= 0.6 is 0 Å². The van der Waals surface area contributed by atoms with Crippen molar-refractivity contribution in [3.8, 4) is 0 Å². The van der Waals surface area contributed by atoms with Crippen LogP contribution in [0.2, 0.25) is 0 Å². The monoisotopic (exact) mass is 233 g/mol. The van der Waals surface area contributed by atoms with Crippen molar-refractivity contribution in [2.24, 2.45) is 0 Å². The van der Waals surface area contributed by atoms with Crippen LogP contribution in [0.4, 0.5) is 9.18 Å². The molecule has 0 aliphatic carbocycles. The Morgan fingerprint density at radius 1 is 1.44 bits per heavy atom. The van der Waals surface area contributed by atoms with E-state index in [4.69, 9.17) is 9.47 Å². The molecule has 4 nitrogen and oxygen atoms in total. The Hall–Kier alpha value is -0.840. The van der Waals surface area contributed by atoms with E-state index in [2.05, 4.69) is 0 Å². The molecule has 1 aliphatic heterocycles. The van der Waals surface area contributed by atoms with Gasteiger partial charge in [-0.05, 0) is 27.2 Å². The summed E-state index contributed by atoms with van der Waals surface area (Å²) in [7, 11) is 1.49. The summed E-state index contributed by atoms with van der Waals surface area (Å²) in [4.78, 5) is 13.0. The van der Waals surface area contributed by atoms with Gasteiger partial charge >= 0.3 is 6.09 Å². The van der Waals surface area contributed by atoms with Crippen molar-refractivity contribution in [1.82, 2.24) is 4.90 Å². The van der Waals surface area contributed by atoms with E-state index in [1.54, 1.807) is 20.8 Å². The van der Waals surface area contributed by atoms with Gasteiger partial charge < -0.3 is 14.4 Å². The molecule has 1 fully saturated rings. The Kier molecular flexibility index (Phi) is 4.13. The van der Waals surface area contributed by atoms with Crippen molar-refractivity contribution < 1.29 is 18.7 Å². The molecule has 16 heavy (non-hydrogen) atoms. The van der Waals surface area contributed by atoms with Crippen molar-refractivity contribution in [2.45, 2.75) is 45.1 Å². The molecule has 1 amide bonds. The maximum absolute atomic E-state index is 13.5. The lowest BCUT2D eigenvalue weighted by Crippen LogP contribution is -2.49. The van der Waals surface area contributed by atoms with E-state index in [0.29, 0.717) is 13.0 Å². The second kappa shape index (κ2) is 4.99. The third-order valence-corrected chi connectivity index (χ3v) is 2.44. The standard InChI is InChI=1S/C11H20FNO3/c1-11(2,3)16-10(14)13-6-5-9(15-4)8(12)7-13/h8-9H,5-7H2,1-4H3/t8-,9+/m0/s1. The highest BCUT2D eigenvalue weighted by Crippen LogP contribution is 2.19. The predicted octanol–water partition coefficient (Wildman–Crippen LogP) is 1.98. The molecular weight excluding hydrogens is 213 g/mol. The largest absolute Gasteiger partial charge is 0.444 e. The molecule has 0 aromatic rings. The van der Waals surface area contributed by atoms with Gasteiger partial charge in [-0.3, -0.25) is 0 Å². The summed E-state index contributed by atoms with van der Waals surface area (Å²) in [6.07, 6.45) is -1.48. The fourth-order valence-corrected chi connectivity index (χ4v) is 1.64. The summed E-state index contributed by atoms with van der Waals surface area (Å²) in [5.74, 6) is 0. The molecule has 0 spiro atoms. The zero-order valence-electron chi connectivity index (χ0n) is 10.3. The summed E-state index contributed by atoms with van der Waals surface area (Å²) in [6, 6.07) is 0. The second-order valence-electron chi connectivity index (χ2n) is 5.01. The SMILES string of the molecule is CO[C@@H]1CCN(C(=O)OC(C)(C)C)C[C@@H]1F. The maximum Gasteiger partial charge on any atom is 0.410 e. The van der Waals surface area contributed by atoms with Crippen molar-refractivity contribution in [1.29, 1.82) is 0 Å². The first-order valence-electron chi connectivity index (χ1n) is 5.48. The van der Waals surface area contributed by atoms with E-state index < -0.39 is 24.0 Å². The van der Waals surface area contributed by atoms with Crippen molar-refractivity contribution in [3.63, 3.8) is 0 Å². The van der Waals surface area contributed by atoms with E-state index in [0.717, 1.165) is 0 Å². The number of hydrogen-bond donors (Lipinski definition) is 0. The third-order valence-electron chi connectivity index (χ3n) is 2.44. The molecular formula is C11H20FNO3. The van der Waals surface area contributed by atoms with Crippen LogP contribution in [0, 0.1) is 0 Å².